The molecule has 2 aromatic heterocycles. The van der Waals surface area contributed by atoms with Crippen LogP contribution in [0, 0.1) is 0 Å². The van der Waals surface area contributed by atoms with E-state index in [4.69, 9.17) is 10.5 Å². The highest BCUT2D eigenvalue weighted by Crippen LogP contribution is 2.32. The number of aromatic nitrogens is 2. The molecular weight excluding hydrogens is 401 g/mol. The van der Waals surface area contributed by atoms with Crippen LogP contribution >= 0.6 is 0 Å². The molecule has 2 heterocycles. The summed E-state index contributed by atoms with van der Waals surface area (Å²) >= 11 is 0. The smallest absolute Gasteiger partial charge is 0.412 e. The Balaban J connectivity index is 2.25. The van der Waals surface area contributed by atoms with E-state index in [-0.39, 0.29) is 24.7 Å². The van der Waals surface area contributed by atoms with Gasteiger partial charge in [0.2, 0.25) is 5.88 Å². The molecule has 0 fully saturated rings. The van der Waals surface area contributed by atoms with Gasteiger partial charge in [-0.2, -0.15) is 0 Å². The Morgan fingerprint density at radius 1 is 1.23 bits per heavy atom. The first kappa shape index (κ1) is 23.4. The lowest BCUT2D eigenvalue weighted by Gasteiger charge is -2.29. The zero-order chi connectivity index (χ0) is 22.5. The van der Waals surface area contributed by atoms with E-state index in [1.165, 1.54) is 45.5 Å². The predicted octanol–water partition coefficient (Wildman–Crippen LogP) is 4.49. The molecule has 3 N–H and O–H groups in total. The Hall–Kier alpha value is -2.88. The highest BCUT2D eigenvalue weighted by Gasteiger charge is 2.30. The second-order valence-corrected chi connectivity index (χ2v) is 7.80. The maximum atomic E-state index is 13.9. The highest BCUT2D eigenvalue weighted by molar-refractivity contribution is 5.84. The standard InChI is InChI=1S/C20H25F3N4O3/c1-19(2,23)10-20(3,24)11-30-17-14(16(21)22)7-13(9-26-17)12-5-6-25-15(8-12)27-18(28)29-4/h5-9,16H,10-11,24H2,1-4H3,(H,25,27,28)/t20-/m0/s1. The Morgan fingerprint density at radius 3 is 2.53 bits per heavy atom. The van der Waals surface area contributed by atoms with Gasteiger partial charge in [-0.15, -0.1) is 0 Å². The number of anilines is 1. The molecule has 0 radical (unpaired) electrons. The van der Waals surface area contributed by atoms with Crippen molar-refractivity contribution in [2.24, 2.45) is 5.73 Å². The number of carbonyl (C=O) groups excluding carboxylic acids is 1. The van der Waals surface area contributed by atoms with Crippen LogP contribution in [0.1, 0.15) is 39.2 Å². The maximum Gasteiger partial charge on any atom is 0.412 e. The third-order valence-corrected chi connectivity index (χ3v) is 3.99. The molecule has 1 atom stereocenters. The van der Waals surface area contributed by atoms with Crippen LogP contribution in [0.4, 0.5) is 23.8 Å². The number of hydrogen-bond donors (Lipinski definition) is 2. The molecule has 30 heavy (non-hydrogen) atoms. The molecule has 0 unspecified atom stereocenters. The summed E-state index contributed by atoms with van der Waals surface area (Å²) in [6.45, 7) is 4.16. The summed E-state index contributed by atoms with van der Waals surface area (Å²) in [5, 5.41) is 2.40. The van der Waals surface area contributed by atoms with Gasteiger partial charge in [0.25, 0.3) is 6.43 Å². The molecule has 0 aliphatic heterocycles. The number of nitrogens with two attached hydrogens (primary N) is 1. The third-order valence-electron chi connectivity index (χ3n) is 3.99. The Bertz CT molecular complexity index is 886. The number of ether oxygens (including phenoxy) is 2. The van der Waals surface area contributed by atoms with E-state index in [2.05, 4.69) is 20.0 Å². The number of amides is 1. The summed E-state index contributed by atoms with van der Waals surface area (Å²) in [5.74, 6) is -0.0879. The minimum Gasteiger partial charge on any atom is -0.475 e. The van der Waals surface area contributed by atoms with Crippen molar-refractivity contribution in [3.63, 3.8) is 0 Å². The van der Waals surface area contributed by atoms with Gasteiger partial charge in [-0.3, -0.25) is 5.32 Å². The lowest BCUT2D eigenvalue weighted by atomic mass is 9.91. The molecule has 0 bridgehead atoms. The third kappa shape index (κ3) is 6.87. The minimum absolute atomic E-state index is 0.0188. The summed E-state index contributed by atoms with van der Waals surface area (Å²) in [6.07, 6.45) is -0.828. The summed E-state index contributed by atoms with van der Waals surface area (Å²) in [4.78, 5) is 19.3. The van der Waals surface area contributed by atoms with Gasteiger partial charge in [-0.1, -0.05) is 0 Å². The van der Waals surface area contributed by atoms with Gasteiger partial charge in [-0.05, 0) is 44.5 Å². The number of nitrogens with zero attached hydrogens (tertiary/aromatic N) is 2. The Labute approximate surface area is 172 Å². The van der Waals surface area contributed by atoms with Crippen LogP contribution in [0.3, 0.4) is 0 Å². The van der Waals surface area contributed by atoms with Crippen LogP contribution in [-0.4, -0.2) is 41.0 Å². The van der Waals surface area contributed by atoms with Gasteiger partial charge < -0.3 is 15.2 Å². The van der Waals surface area contributed by atoms with Crippen molar-refractivity contribution >= 4 is 11.9 Å². The first-order chi connectivity index (χ1) is 13.9. The van der Waals surface area contributed by atoms with Gasteiger partial charge in [-0.25, -0.2) is 27.9 Å². The van der Waals surface area contributed by atoms with Crippen LogP contribution in [0.25, 0.3) is 11.1 Å². The Kier molecular flexibility index (Phi) is 7.25. The number of rotatable bonds is 8. The molecule has 7 nitrogen and oxygen atoms in total. The molecule has 10 heteroatoms. The van der Waals surface area contributed by atoms with E-state index in [9.17, 15) is 18.0 Å². The van der Waals surface area contributed by atoms with Gasteiger partial charge in [0.15, 0.2) is 0 Å². The van der Waals surface area contributed by atoms with E-state index >= 15 is 0 Å². The van der Waals surface area contributed by atoms with Gasteiger partial charge in [0, 0.05) is 24.4 Å². The second kappa shape index (κ2) is 9.29. The number of methoxy groups -OCH3 is 1. The quantitative estimate of drug-likeness (QED) is 0.645. The fourth-order valence-electron chi connectivity index (χ4n) is 2.98. The van der Waals surface area contributed by atoms with Crippen LogP contribution in [-0.2, 0) is 4.74 Å². The fraction of sp³-hybridized carbons (Fsp3) is 0.450. The summed E-state index contributed by atoms with van der Waals surface area (Å²) in [6, 6.07) is 4.30. The molecule has 0 aromatic carbocycles. The van der Waals surface area contributed by atoms with E-state index in [1.54, 1.807) is 13.0 Å². The average molecular weight is 426 g/mol. The number of carbonyl (C=O) groups is 1. The van der Waals surface area contributed by atoms with E-state index in [0.717, 1.165) is 0 Å². The van der Waals surface area contributed by atoms with Crippen LogP contribution in [0.2, 0.25) is 0 Å². The molecule has 0 spiro atoms. The van der Waals surface area contributed by atoms with E-state index in [0.29, 0.717) is 11.1 Å². The van der Waals surface area contributed by atoms with Crippen molar-refractivity contribution in [1.29, 1.82) is 0 Å². The topological polar surface area (TPSA) is 99.4 Å². The van der Waals surface area contributed by atoms with Crippen molar-refractivity contribution in [2.75, 3.05) is 19.0 Å². The number of alkyl halides is 3. The normalized spacial score (nSPS) is 13.6. The molecule has 2 rings (SSSR count). The summed E-state index contributed by atoms with van der Waals surface area (Å²) in [7, 11) is 1.21. The van der Waals surface area contributed by atoms with Crippen molar-refractivity contribution in [2.45, 2.75) is 44.8 Å². The van der Waals surface area contributed by atoms with E-state index in [1.807, 2.05) is 0 Å². The van der Waals surface area contributed by atoms with Crippen molar-refractivity contribution in [3.8, 4) is 17.0 Å². The first-order valence-corrected chi connectivity index (χ1v) is 9.10. The molecule has 2 aromatic rings. The lowest BCUT2D eigenvalue weighted by molar-refractivity contribution is 0.114. The molecule has 1 amide bonds. The molecule has 0 saturated heterocycles. The lowest BCUT2D eigenvalue weighted by Crippen LogP contribution is -2.46. The first-order valence-electron chi connectivity index (χ1n) is 9.10. The average Bonchev–Trinajstić information content (AvgIpc) is 2.64. The molecule has 164 valence electrons. The number of nitrogens with one attached hydrogen (secondary N) is 1. The van der Waals surface area contributed by atoms with Crippen LogP contribution in [0.15, 0.2) is 30.6 Å². The van der Waals surface area contributed by atoms with Crippen molar-refractivity contribution in [3.05, 3.63) is 36.2 Å². The second-order valence-electron chi connectivity index (χ2n) is 7.80. The van der Waals surface area contributed by atoms with Gasteiger partial charge in [0.1, 0.15) is 18.1 Å². The largest absolute Gasteiger partial charge is 0.475 e. The maximum absolute atomic E-state index is 13.9. The molecular formula is C20H25F3N4O3. The van der Waals surface area contributed by atoms with Gasteiger partial charge in [0.05, 0.1) is 18.2 Å². The zero-order valence-corrected chi connectivity index (χ0v) is 17.2. The SMILES string of the molecule is COC(=O)Nc1cc(-c2cnc(OC[C@@](C)(N)CC(C)(C)F)c(C(F)F)c2)ccn1. The van der Waals surface area contributed by atoms with Crippen LogP contribution in [0.5, 0.6) is 5.88 Å². The number of pyridine rings is 2. The fourth-order valence-corrected chi connectivity index (χ4v) is 2.98. The monoisotopic (exact) mass is 426 g/mol. The molecule has 0 saturated carbocycles. The van der Waals surface area contributed by atoms with Crippen LogP contribution < -0.4 is 15.8 Å². The highest BCUT2D eigenvalue weighted by atomic mass is 19.3. The minimum atomic E-state index is -2.86. The number of halogens is 3. The predicted molar refractivity (Wildman–Crippen MR) is 106 cm³/mol. The Morgan fingerprint density at radius 2 is 1.93 bits per heavy atom. The number of hydrogen-bond acceptors (Lipinski definition) is 6. The zero-order valence-electron chi connectivity index (χ0n) is 17.2. The van der Waals surface area contributed by atoms with Gasteiger partial charge >= 0.3 is 6.09 Å². The summed E-state index contributed by atoms with van der Waals surface area (Å²) in [5.41, 5.74) is 3.87. The van der Waals surface area contributed by atoms with Crippen molar-refractivity contribution < 1.29 is 27.4 Å². The van der Waals surface area contributed by atoms with E-state index < -0.39 is 29.3 Å². The van der Waals surface area contributed by atoms with Crippen molar-refractivity contribution in [1.82, 2.24) is 9.97 Å². The summed E-state index contributed by atoms with van der Waals surface area (Å²) < 4.78 is 51.0. The molecule has 0 aliphatic carbocycles. The molecule has 0 aliphatic rings.